The Kier molecular flexibility index (Phi) is 5.86. The quantitative estimate of drug-likeness (QED) is 0.582. The first-order valence-electron chi connectivity index (χ1n) is 9.68. The second-order valence-corrected chi connectivity index (χ2v) is 7.74. The lowest BCUT2D eigenvalue weighted by Gasteiger charge is -2.25. The molecule has 10 heteroatoms. The smallest absolute Gasteiger partial charge is 0.314 e. The molecule has 0 aliphatic carbocycles. The summed E-state index contributed by atoms with van der Waals surface area (Å²) in [5.41, 5.74) is 0.551. The molecule has 1 saturated heterocycles. The molecule has 2 aromatic carbocycles. The molecular formula is C21H19ClF3N5O. The Labute approximate surface area is 181 Å². The van der Waals surface area contributed by atoms with Crippen molar-refractivity contribution in [3.63, 3.8) is 0 Å². The lowest BCUT2D eigenvalue weighted by molar-refractivity contribution is -0.137. The van der Waals surface area contributed by atoms with Crippen molar-refractivity contribution >= 4 is 23.3 Å². The lowest BCUT2D eigenvalue weighted by atomic mass is 10.2. The van der Waals surface area contributed by atoms with Crippen LogP contribution in [0.1, 0.15) is 35.8 Å². The SMILES string of the molecule is O=C(Nc1ccc(C(F)(F)F)cc1)N1CCCC1c1nncn1Cc1ccc(Cl)cc1. The van der Waals surface area contributed by atoms with E-state index in [0.29, 0.717) is 29.6 Å². The van der Waals surface area contributed by atoms with E-state index in [1.165, 1.54) is 12.1 Å². The van der Waals surface area contributed by atoms with Crippen LogP contribution in [0.4, 0.5) is 23.7 Å². The predicted octanol–water partition coefficient (Wildman–Crippen LogP) is 5.37. The third kappa shape index (κ3) is 4.82. The summed E-state index contributed by atoms with van der Waals surface area (Å²) in [5, 5.41) is 11.6. The molecule has 1 aliphatic heterocycles. The van der Waals surface area contributed by atoms with E-state index in [2.05, 4.69) is 15.5 Å². The Balaban J connectivity index is 1.47. The molecule has 0 spiro atoms. The largest absolute Gasteiger partial charge is 0.416 e. The van der Waals surface area contributed by atoms with Gasteiger partial charge in [0, 0.05) is 17.3 Å². The van der Waals surface area contributed by atoms with Gasteiger partial charge in [0.05, 0.1) is 18.2 Å². The van der Waals surface area contributed by atoms with Crippen LogP contribution in [0.5, 0.6) is 0 Å². The van der Waals surface area contributed by atoms with Gasteiger partial charge in [0.25, 0.3) is 0 Å². The van der Waals surface area contributed by atoms with Crippen molar-refractivity contribution in [1.29, 1.82) is 0 Å². The number of amides is 2. The van der Waals surface area contributed by atoms with Crippen molar-refractivity contribution in [3.8, 4) is 0 Å². The van der Waals surface area contributed by atoms with Crippen molar-refractivity contribution < 1.29 is 18.0 Å². The van der Waals surface area contributed by atoms with Gasteiger partial charge in [-0.25, -0.2) is 4.79 Å². The maximum atomic E-state index is 12.8. The zero-order valence-corrected chi connectivity index (χ0v) is 17.1. The number of halogens is 4. The van der Waals surface area contributed by atoms with Gasteiger partial charge in [0.15, 0.2) is 5.82 Å². The maximum absolute atomic E-state index is 12.8. The lowest BCUT2D eigenvalue weighted by Crippen LogP contribution is -2.35. The van der Waals surface area contributed by atoms with Crippen LogP contribution in [-0.2, 0) is 12.7 Å². The van der Waals surface area contributed by atoms with Crippen LogP contribution < -0.4 is 5.32 Å². The monoisotopic (exact) mass is 449 g/mol. The fourth-order valence-corrected chi connectivity index (χ4v) is 3.77. The van der Waals surface area contributed by atoms with E-state index in [4.69, 9.17) is 11.6 Å². The van der Waals surface area contributed by atoms with Crippen LogP contribution in [-0.4, -0.2) is 32.2 Å². The van der Waals surface area contributed by atoms with Crippen molar-refractivity contribution in [1.82, 2.24) is 19.7 Å². The summed E-state index contributed by atoms with van der Waals surface area (Å²) in [6.45, 7) is 1.05. The molecule has 0 saturated carbocycles. The summed E-state index contributed by atoms with van der Waals surface area (Å²) < 4.78 is 40.1. The first kappa shape index (κ1) is 21.2. The first-order chi connectivity index (χ1) is 14.8. The van der Waals surface area contributed by atoms with E-state index < -0.39 is 11.7 Å². The molecule has 1 fully saturated rings. The molecule has 2 amide bonds. The van der Waals surface area contributed by atoms with E-state index in [1.54, 1.807) is 23.4 Å². The predicted molar refractivity (Wildman–Crippen MR) is 110 cm³/mol. The van der Waals surface area contributed by atoms with Gasteiger partial charge in [-0.15, -0.1) is 10.2 Å². The molecule has 2 heterocycles. The van der Waals surface area contributed by atoms with Crippen molar-refractivity contribution in [2.75, 3.05) is 11.9 Å². The zero-order chi connectivity index (χ0) is 22.0. The number of hydrogen-bond donors (Lipinski definition) is 1. The summed E-state index contributed by atoms with van der Waals surface area (Å²) in [6, 6.07) is 11.2. The van der Waals surface area contributed by atoms with Crippen LogP contribution in [0.3, 0.4) is 0 Å². The third-order valence-corrected chi connectivity index (χ3v) is 5.44. The van der Waals surface area contributed by atoms with Crippen molar-refractivity contribution in [2.45, 2.75) is 31.6 Å². The van der Waals surface area contributed by atoms with Gasteiger partial charge in [0.2, 0.25) is 0 Å². The average molecular weight is 450 g/mol. The number of hydrogen-bond acceptors (Lipinski definition) is 3. The third-order valence-electron chi connectivity index (χ3n) is 5.19. The van der Waals surface area contributed by atoms with Gasteiger partial charge in [-0.05, 0) is 54.8 Å². The molecule has 1 N–H and O–H groups in total. The molecule has 31 heavy (non-hydrogen) atoms. The summed E-state index contributed by atoms with van der Waals surface area (Å²) in [5.74, 6) is 0.662. The van der Waals surface area contributed by atoms with Gasteiger partial charge in [-0.2, -0.15) is 13.2 Å². The number of carbonyl (C=O) groups is 1. The molecule has 3 aromatic rings. The summed E-state index contributed by atoms with van der Waals surface area (Å²) in [4.78, 5) is 14.5. The number of likely N-dealkylation sites (tertiary alicyclic amines) is 1. The van der Waals surface area contributed by atoms with Crippen molar-refractivity contribution in [3.05, 3.63) is 76.8 Å². The molecule has 0 radical (unpaired) electrons. The Hall–Kier alpha value is -3.07. The van der Waals surface area contributed by atoms with Gasteiger partial charge < -0.3 is 14.8 Å². The molecule has 0 bridgehead atoms. The highest BCUT2D eigenvalue weighted by atomic mass is 35.5. The highest BCUT2D eigenvalue weighted by Gasteiger charge is 2.34. The average Bonchev–Trinajstić information content (AvgIpc) is 3.38. The molecule has 1 atom stereocenters. The van der Waals surface area contributed by atoms with Crippen molar-refractivity contribution in [2.24, 2.45) is 0 Å². The first-order valence-corrected chi connectivity index (χ1v) is 10.1. The molecule has 4 rings (SSSR count). The number of urea groups is 1. The van der Waals surface area contributed by atoms with E-state index in [9.17, 15) is 18.0 Å². The number of anilines is 1. The summed E-state index contributed by atoms with van der Waals surface area (Å²) >= 11 is 5.94. The van der Waals surface area contributed by atoms with Crippen LogP contribution in [0.25, 0.3) is 0 Å². The number of nitrogens with zero attached hydrogens (tertiary/aromatic N) is 4. The highest BCUT2D eigenvalue weighted by Crippen LogP contribution is 2.33. The molecule has 1 unspecified atom stereocenters. The number of aromatic nitrogens is 3. The Morgan fingerprint density at radius 1 is 1.13 bits per heavy atom. The van der Waals surface area contributed by atoms with E-state index in [-0.39, 0.29) is 12.1 Å². The standard InChI is InChI=1S/C21H19ClF3N5O/c22-16-7-3-14(4-8-16)12-29-13-26-28-19(29)18-2-1-11-30(18)20(31)27-17-9-5-15(6-10-17)21(23,24)25/h3-10,13,18H,1-2,11-12H2,(H,27,31). The van der Waals surface area contributed by atoms with E-state index in [0.717, 1.165) is 30.5 Å². The summed E-state index contributed by atoms with van der Waals surface area (Å²) in [6.07, 6.45) is -1.29. The molecule has 1 aromatic heterocycles. The van der Waals surface area contributed by atoms with Crippen LogP contribution in [0.15, 0.2) is 54.9 Å². The minimum absolute atomic E-state index is 0.274. The highest BCUT2D eigenvalue weighted by molar-refractivity contribution is 6.30. The molecule has 1 aliphatic rings. The minimum Gasteiger partial charge on any atom is -0.314 e. The summed E-state index contributed by atoms with van der Waals surface area (Å²) in [7, 11) is 0. The Morgan fingerprint density at radius 3 is 2.52 bits per heavy atom. The second kappa shape index (κ2) is 8.58. The number of rotatable bonds is 4. The topological polar surface area (TPSA) is 63.1 Å². The fourth-order valence-electron chi connectivity index (χ4n) is 3.65. The number of nitrogens with one attached hydrogen (secondary N) is 1. The molecule has 162 valence electrons. The Morgan fingerprint density at radius 2 is 1.84 bits per heavy atom. The number of benzene rings is 2. The minimum atomic E-state index is -4.42. The normalized spacial score (nSPS) is 16.5. The molecular weight excluding hydrogens is 431 g/mol. The fraction of sp³-hybridized carbons (Fsp3) is 0.286. The second-order valence-electron chi connectivity index (χ2n) is 7.30. The number of carbonyl (C=O) groups excluding carboxylic acids is 1. The molecule has 6 nitrogen and oxygen atoms in total. The van der Waals surface area contributed by atoms with E-state index >= 15 is 0 Å². The maximum Gasteiger partial charge on any atom is 0.416 e. The van der Waals surface area contributed by atoms with Crippen LogP contribution in [0, 0.1) is 0 Å². The zero-order valence-electron chi connectivity index (χ0n) is 16.3. The van der Waals surface area contributed by atoms with Gasteiger partial charge in [-0.1, -0.05) is 23.7 Å². The van der Waals surface area contributed by atoms with Crippen LogP contribution in [0.2, 0.25) is 5.02 Å². The van der Waals surface area contributed by atoms with Gasteiger partial charge >= 0.3 is 12.2 Å². The van der Waals surface area contributed by atoms with Crippen LogP contribution >= 0.6 is 11.6 Å². The van der Waals surface area contributed by atoms with Gasteiger partial charge in [0.1, 0.15) is 6.33 Å². The Bertz CT molecular complexity index is 1050. The number of alkyl halides is 3. The van der Waals surface area contributed by atoms with E-state index in [1.807, 2.05) is 16.7 Å². The van der Waals surface area contributed by atoms with Gasteiger partial charge in [-0.3, -0.25) is 0 Å².